The normalized spacial score (nSPS) is 20.1. The minimum Gasteiger partial charge on any atom is -0.444 e. The number of aromatic nitrogens is 1. The zero-order chi connectivity index (χ0) is 14.9. The highest BCUT2D eigenvalue weighted by Crippen LogP contribution is 2.25. The molecule has 20 heavy (non-hydrogen) atoms. The van der Waals surface area contributed by atoms with Gasteiger partial charge in [-0.3, -0.25) is 0 Å². The molecule has 5 nitrogen and oxygen atoms in total. The molecule has 1 aliphatic heterocycles. The van der Waals surface area contributed by atoms with Crippen molar-refractivity contribution in [2.75, 3.05) is 19.6 Å². The summed E-state index contributed by atoms with van der Waals surface area (Å²) in [6.45, 7) is 11.8. The molecular formula is C14H23N3O2S. The molecule has 0 saturated carbocycles. The minimum atomic E-state index is -0.453. The quantitative estimate of drug-likeness (QED) is 0.866. The lowest BCUT2D eigenvalue weighted by Gasteiger charge is -2.34. The van der Waals surface area contributed by atoms with E-state index in [9.17, 15) is 4.79 Å². The maximum absolute atomic E-state index is 12.1. The van der Waals surface area contributed by atoms with Gasteiger partial charge in [0.25, 0.3) is 0 Å². The van der Waals surface area contributed by atoms with Gasteiger partial charge in [-0.15, -0.1) is 11.3 Å². The van der Waals surface area contributed by atoms with Crippen molar-refractivity contribution in [1.29, 1.82) is 0 Å². The molecule has 1 unspecified atom stereocenters. The second-order valence-corrected chi connectivity index (χ2v) is 7.36. The summed E-state index contributed by atoms with van der Waals surface area (Å²) < 4.78 is 5.43. The molecule has 0 radical (unpaired) electrons. The number of rotatable bonds is 1. The number of carbonyl (C=O) groups excluding carboxylic acids is 1. The summed E-state index contributed by atoms with van der Waals surface area (Å²) in [5.41, 5.74) is 0.618. The van der Waals surface area contributed by atoms with Gasteiger partial charge in [0.15, 0.2) is 0 Å². The third-order valence-electron chi connectivity index (χ3n) is 3.17. The Labute approximate surface area is 124 Å². The van der Waals surface area contributed by atoms with E-state index in [1.807, 2.05) is 27.7 Å². The monoisotopic (exact) mass is 297 g/mol. The van der Waals surface area contributed by atoms with Crippen LogP contribution in [0, 0.1) is 13.8 Å². The molecule has 0 aromatic carbocycles. The number of piperazine rings is 1. The van der Waals surface area contributed by atoms with Crippen LogP contribution < -0.4 is 5.32 Å². The Kier molecular flexibility index (Phi) is 4.34. The summed E-state index contributed by atoms with van der Waals surface area (Å²) >= 11 is 1.70. The van der Waals surface area contributed by atoms with E-state index in [4.69, 9.17) is 4.74 Å². The molecule has 1 saturated heterocycles. The van der Waals surface area contributed by atoms with Crippen molar-refractivity contribution in [3.63, 3.8) is 0 Å². The van der Waals surface area contributed by atoms with Crippen LogP contribution >= 0.6 is 11.3 Å². The smallest absolute Gasteiger partial charge is 0.410 e. The van der Waals surface area contributed by atoms with Crippen molar-refractivity contribution in [2.45, 2.75) is 46.3 Å². The summed E-state index contributed by atoms with van der Waals surface area (Å²) in [6.07, 6.45) is -0.242. The molecular weight excluding hydrogens is 274 g/mol. The van der Waals surface area contributed by atoms with Gasteiger partial charge in [0.05, 0.1) is 11.7 Å². The lowest BCUT2D eigenvalue weighted by molar-refractivity contribution is 0.0195. The van der Waals surface area contributed by atoms with E-state index in [0.717, 1.165) is 17.2 Å². The topological polar surface area (TPSA) is 54.5 Å². The fourth-order valence-corrected chi connectivity index (χ4v) is 3.04. The molecule has 112 valence electrons. The summed E-state index contributed by atoms with van der Waals surface area (Å²) in [6, 6.07) is 0.105. The van der Waals surface area contributed by atoms with Crippen molar-refractivity contribution >= 4 is 17.4 Å². The zero-order valence-electron chi connectivity index (χ0n) is 12.8. The Morgan fingerprint density at radius 2 is 2.15 bits per heavy atom. The largest absolute Gasteiger partial charge is 0.444 e. The van der Waals surface area contributed by atoms with Gasteiger partial charge in [-0.25, -0.2) is 9.78 Å². The molecule has 1 aromatic rings. The van der Waals surface area contributed by atoms with Crippen LogP contribution in [-0.4, -0.2) is 41.2 Å². The van der Waals surface area contributed by atoms with Crippen molar-refractivity contribution in [3.8, 4) is 0 Å². The molecule has 2 heterocycles. The maximum Gasteiger partial charge on any atom is 0.410 e. The maximum atomic E-state index is 12.1. The standard InChI is InChI=1S/C14H23N3O2S/c1-9-10(2)20-12(16-9)11-8-17(7-6-15-11)13(18)19-14(3,4)5/h11,15H,6-8H2,1-5H3. The highest BCUT2D eigenvalue weighted by Gasteiger charge is 2.29. The van der Waals surface area contributed by atoms with Crippen LogP contribution in [0.15, 0.2) is 0 Å². The average Bonchev–Trinajstić information content (AvgIpc) is 2.68. The van der Waals surface area contributed by atoms with Crippen LogP contribution in [0.4, 0.5) is 4.79 Å². The summed E-state index contributed by atoms with van der Waals surface area (Å²) in [7, 11) is 0. The molecule has 0 bridgehead atoms. The highest BCUT2D eigenvalue weighted by molar-refractivity contribution is 7.11. The minimum absolute atomic E-state index is 0.105. The molecule has 1 aliphatic rings. The third-order valence-corrected chi connectivity index (χ3v) is 4.36. The first-order valence-corrected chi connectivity index (χ1v) is 7.73. The molecule has 0 aliphatic carbocycles. The van der Waals surface area contributed by atoms with Crippen LogP contribution in [0.25, 0.3) is 0 Å². The van der Waals surface area contributed by atoms with Gasteiger partial charge in [-0.05, 0) is 34.6 Å². The number of hydrogen-bond donors (Lipinski definition) is 1. The summed E-state index contributed by atoms with van der Waals surface area (Å²) in [5.74, 6) is 0. The van der Waals surface area contributed by atoms with Gasteiger partial charge in [0.1, 0.15) is 10.6 Å². The van der Waals surface area contributed by atoms with Gasteiger partial charge >= 0.3 is 6.09 Å². The number of thiazole rings is 1. The molecule has 6 heteroatoms. The fourth-order valence-electron chi connectivity index (χ4n) is 2.05. The Balaban J connectivity index is 2.03. The van der Waals surface area contributed by atoms with Crippen LogP contribution in [-0.2, 0) is 4.74 Å². The number of amides is 1. The van der Waals surface area contributed by atoms with E-state index < -0.39 is 5.60 Å². The first-order chi connectivity index (χ1) is 9.26. The van der Waals surface area contributed by atoms with Crippen LogP contribution in [0.2, 0.25) is 0 Å². The number of carbonyl (C=O) groups is 1. The Hall–Kier alpha value is -1.14. The third kappa shape index (κ3) is 3.70. The predicted molar refractivity (Wildman–Crippen MR) is 80.1 cm³/mol. The summed E-state index contributed by atoms with van der Waals surface area (Å²) in [5, 5.41) is 4.47. The fraction of sp³-hybridized carbons (Fsp3) is 0.714. The van der Waals surface area contributed by atoms with Gasteiger partial charge < -0.3 is 15.0 Å². The van der Waals surface area contributed by atoms with Crippen molar-refractivity contribution < 1.29 is 9.53 Å². The first kappa shape index (κ1) is 15.3. The predicted octanol–water partition coefficient (Wildman–Crippen LogP) is 2.64. The summed E-state index contributed by atoms with van der Waals surface area (Å²) in [4.78, 5) is 19.7. The van der Waals surface area contributed by atoms with E-state index in [1.165, 1.54) is 4.88 Å². The zero-order valence-corrected chi connectivity index (χ0v) is 13.6. The number of hydrogen-bond acceptors (Lipinski definition) is 5. The van der Waals surface area contributed by atoms with Gasteiger partial charge in [0.2, 0.25) is 0 Å². The van der Waals surface area contributed by atoms with Gasteiger partial charge in [-0.1, -0.05) is 0 Å². The van der Waals surface area contributed by atoms with Crippen molar-refractivity contribution in [2.24, 2.45) is 0 Å². The van der Waals surface area contributed by atoms with E-state index >= 15 is 0 Å². The van der Waals surface area contributed by atoms with E-state index in [1.54, 1.807) is 16.2 Å². The molecule has 1 fully saturated rings. The number of nitrogens with zero attached hydrogens (tertiary/aromatic N) is 2. The Morgan fingerprint density at radius 3 is 2.70 bits per heavy atom. The molecule has 1 amide bonds. The number of ether oxygens (including phenoxy) is 1. The van der Waals surface area contributed by atoms with Gasteiger partial charge in [-0.2, -0.15) is 0 Å². The molecule has 1 N–H and O–H groups in total. The second-order valence-electron chi connectivity index (χ2n) is 6.13. The lowest BCUT2D eigenvalue weighted by Crippen LogP contribution is -2.49. The SMILES string of the molecule is Cc1nc(C2CN(C(=O)OC(C)(C)C)CCN2)sc1C. The van der Waals surface area contributed by atoms with Crippen LogP contribution in [0.5, 0.6) is 0 Å². The lowest BCUT2D eigenvalue weighted by atomic mass is 10.2. The molecule has 2 rings (SSSR count). The van der Waals surface area contributed by atoms with E-state index in [2.05, 4.69) is 17.2 Å². The van der Waals surface area contributed by atoms with Crippen molar-refractivity contribution in [3.05, 3.63) is 15.6 Å². The van der Waals surface area contributed by atoms with Crippen LogP contribution in [0.1, 0.15) is 42.4 Å². The Bertz CT molecular complexity index is 474. The second kappa shape index (κ2) is 5.69. The van der Waals surface area contributed by atoms with E-state index in [-0.39, 0.29) is 12.1 Å². The van der Waals surface area contributed by atoms with E-state index in [0.29, 0.717) is 13.1 Å². The number of nitrogens with one attached hydrogen (secondary N) is 1. The average molecular weight is 297 g/mol. The molecule has 1 atom stereocenters. The van der Waals surface area contributed by atoms with Crippen LogP contribution in [0.3, 0.4) is 0 Å². The number of aryl methyl sites for hydroxylation is 2. The van der Waals surface area contributed by atoms with Crippen molar-refractivity contribution in [1.82, 2.24) is 15.2 Å². The highest BCUT2D eigenvalue weighted by atomic mass is 32.1. The first-order valence-electron chi connectivity index (χ1n) is 6.91. The Morgan fingerprint density at radius 1 is 1.45 bits per heavy atom. The molecule has 1 aromatic heterocycles. The van der Waals surface area contributed by atoms with Gasteiger partial charge in [0, 0.05) is 24.5 Å². The molecule has 0 spiro atoms.